The molecular formula is C71H11N. The number of hydrogen-bond acceptors (Lipinski definition) is 1. The number of likely N-dealkylation sites (tertiary alicyclic amines) is 1. The molecule has 4 aliphatic carbocycles. The van der Waals surface area contributed by atoms with Gasteiger partial charge in [-0.2, -0.15) is 0 Å². The number of rotatable bonds is 2. The van der Waals surface area contributed by atoms with Crippen LogP contribution in [-0.2, 0) is 17.4 Å². The third-order valence-corrected chi connectivity index (χ3v) is 26.1. The van der Waals surface area contributed by atoms with E-state index in [4.69, 9.17) is 6.42 Å². The zero-order chi connectivity index (χ0) is 42.9. The van der Waals surface area contributed by atoms with Gasteiger partial charge in [-0.05, 0) is 331 Å². The molecule has 1 fully saturated rings. The van der Waals surface area contributed by atoms with Gasteiger partial charge in [-0.25, -0.2) is 0 Å². The van der Waals surface area contributed by atoms with Gasteiger partial charge in [0.2, 0.25) is 0 Å². The average molecular weight is 878 g/mol. The fourth-order valence-electron chi connectivity index (χ4n) is 25.9. The second kappa shape index (κ2) is 6.18. The summed E-state index contributed by atoms with van der Waals surface area (Å²) in [5.41, 5.74) is 9.06. The molecule has 1 saturated heterocycles. The Bertz CT molecular complexity index is 6930. The molecule has 34 rings (SSSR count). The van der Waals surface area contributed by atoms with Gasteiger partial charge < -0.3 is 0 Å². The van der Waals surface area contributed by atoms with Gasteiger partial charge in [-0.15, -0.1) is 6.42 Å². The van der Waals surface area contributed by atoms with Crippen LogP contribution in [0.3, 0.4) is 0 Å². The number of benzene rings is 19. The van der Waals surface area contributed by atoms with Gasteiger partial charge in [0.25, 0.3) is 0 Å². The molecular weight excluding hydrogens is 867 g/mol. The zero-order valence-corrected chi connectivity index (χ0v) is 37.0. The van der Waals surface area contributed by atoms with Crippen LogP contribution in [0.15, 0.2) is 24.3 Å². The summed E-state index contributed by atoms with van der Waals surface area (Å²) < 4.78 is 0. The lowest BCUT2D eigenvalue weighted by Crippen LogP contribution is -2.51. The summed E-state index contributed by atoms with van der Waals surface area (Å²) in [6, 6.07) is 9.08. The van der Waals surface area contributed by atoms with Crippen LogP contribution in [-0.4, -0.2) is 18.0 Å². The van der Waals surface area contributed by atoms with Crippen LogP contribution in [0, 0.1) is 12.3 Å². The van der Waals surface area contributed by atoms with Crippen LogP contribution in [0.2, 0.25) is 0 Å². The Morgan fingerprint density at radius 3 is 0.597 bits per heavy atom. The van der Waals surface area contributed by atoms with Crippen molar-refractivity contribution in [3.8, 4) is 12.3 Å². The molecule has 0 atom stereocenters. The maximum atomic E-state index is 6.00. The van der Waals surface area contributed by atoms with Gasteiger partial charge in [-0.1, -0.05) is 18.1 Å². The molecule has 300 valence electrons. The molecule has 5 aliphatic rings. The molecule has 1 nitrogen and oxygen atoms in total. The van der Waals surface area contributed by atoms with Crippen LogP contribution < -0.4 is 0 Å². The summed E-state index contributed by atoms with van der Waals surface area (Å²) in [4.78, 5) is 3.00. The Morgan fingerprint density at radius 1 is 0.264 bits per heavy atom. The van der Waals surface area contributed by atoms with Crippen molar-refractivity contribution < 1.29 is 0 Å². The summed E-state index contributed by atoms with van der Waals surface area (Å²) in [6.45, 7) is 3.05. The van der Waals surface area contributed by atoms with Gasteiger partial charge in [0.1, 0.15) is 0 Å². The van der Waals surface area contributed by atoms with Gasteiger partial charge in [0, 0.05) is 25.2 Å². The molecule has 0 radical (unpaired) electrons. The molecule has 0 amide bonds. The minimum atomic E-state index is -0.211. The molecule has 0 aromatic heterocycles. The maximum absolute atomic E-state index is 6.00. The smallest absolute Gasteiger partial charge is 0.0505 e. The Labute approximate surface area is 394 Å². The molecule has 1 heterocycles. The number of nitrogens with zero attached hydrogens (tertiary/aromatic N) is 1. The lowest BCUT2D eigenvalue weighted by atomic mass is 9.50. The van der Waals surface area contributed by atoms with E-state index in [0.29, 0.717) is 0 Å². The highest BCUT2D eigenvalue weighted by Gasteiger charge is 2.72. The fourth-order valence-corrected chi connectivity index (χ4v) is 25.9. The first-order chi connectivity index (χ1) is 35.8. The highest BCUT2D eigenvalue weighted by Crippen LogP contribution is 2.85. The van der Waals surface area contributed by atoms with E-state index in [0.717, 1.165) is 25.2 Å². The molecule has 0 N–H and O–H groups in total. The molecule has 29 aromatic rings. The van der Waals surface area contributed by atoms with Gasteiger partial charge in [0.05, 0.1) is 10.8 Å². The largest absolute Gasteiger partial charge is 0.297 e. The van der Waals surface area contributed by atoms with Crippen molar-refractivity contribution in [3.05, 3.63) is 57.6 Å². The minimum absolute atomic E-state index is 0.211. The van der Waals surface area contributed by atoms with Crippen LogP contribution in [0.5, 0.6) is 0 Å². The average Bonchev–Trinajstić information content (AvgIpc) is 4.28. The van der Waals surface area contributed by atoms with Gasteiger partial charge >= 0.3 is 0 Å². The summed E-state index contributed by atoms with van der Waals surface area (Å²) >= 11 is 0. The van der Waals surface area contributed by atoms with E-state index in [2.05, 4.69) is 35.1 Å². The second-order valence-corrected chi connectivity index (χ2v) is 26.5. The molecule has 2 spiro atoms. The van der Waals surface area contributed by atoms with Crippen LogP contribution in [0.1, 0.15) is 33.4 Å². The van der Waals surface area contributed by atoms with E-state index < -0.39 is 0 Å². The molecule has 0 unspecified atom stereocenters. The van der Waals surface area contributed by atoms with Crippen molar-refractivity contribution in [2.75, 3.05) is 13.1 Å². The molecule has 29 aromatic carbocycles. The monoisotopic (exact) mass is 877 g/mol. The van der Waals surface area contributed by atoms with E-state index in [1.54, 1.807) is 313 Å². The Hall–Kier alpha value is -8.80. The van der Waals surface area contributed by atoms with E-state index in [1.807, 2.05) is 0 Å². The Kier molecular flexibility index (Phi) is 2.31. The maximum Gasteiger partial charge on any atom is 0.0505 e. The van der Waals surface area contributed by atoms with E-state index in [1.165, 1.54) is 5.56 Å². The number of terminal acetylenes is 1. The third kappa shape index (κ3) is 1.46. The Balaban J connectivity index is 1.09. The SMILES string of the molecule is C#Cc1ccc(CN2CC34c5c6c7c8c9c%10c(c%11c%12c3c3c5c5c%13c6c6c7c7c9c9c%14c%10c%10c%11c%11c%12c%12c3c3c5c5c%13c%13c6c6c7c9c7c9c%14c%10c%10c%11c%11c%12c3c3c5c5c%13c6c7c6c9c%10c%11c3c56)C84C2)cc1. The van der Waals surface area contributed by atoms with Crippen molar-refractivity contribution in [3.63, 3.8) is 0 Å². The predicted octanol–water partition coefficient (Wildman–Crippen LogP) is 17.8. The van der Waals surface area contributed by atoms with Crippen molar-refractivity contribution in [2.45, 2.75) is 17.4 Å². The first-order valence-electron chi connectivity index (χ1n) is 26.9. The fraction of sp³-hybridized carbons (Fsp3) is 0.0704. The highest BCUT2D eigenvalue weighted by atomic mass is 15.2. The molecule has 1 heteroatoms. The third-order valence-electron chi connectivity index (χ3n) is 26.1. The summed E-state index contributed by atoms with van der Waals surface area (Å²) in [5.74, 6) is 2.93. The Morgan fingerprint density at radius 2 is 0.431 bits per heavy atom. The standard InChI is InChI=1S/C71H11N/c1-2-10-3-5-11(6-4-10)7-72-8-70-66-58-50-40-30-22-14-12-13-16-20-18(14)26-34-28(20)38-32-24(16)25-17(13)21-19-15(12)23(22)31-37-27(19)35-29(21)39-33(25)43-42(32)52-46(38)56-48(34)54(44(50)36(26)30)62(66)64(56)68-60(52)61-53(43)47(39)57-49(35)55-45(37)51(41(31)40)59(58)67(70)63(55)65(57)69(61)71(68,70)9-72/h1,3-6H,7-9H2. The first-order valence-corrected chi connectivity index (χ1v) is 26.9. The number of hydrogen-bond donors (Lipinski definition) is 0. The van der Waals surface area contributed by atoms with Crippen LogP contribution >= 0.6 is 0 Å². The van der Waals surface area contributed by atoms with E-state index in [9.17, 15) is 0 Å². The second-order valence-electron chi connectivity index (χ2n) is 26.5. The zero-order valence-electron chi connectivity index (χ0n) is 37.0. The topological polar surface area (TPSA) is 3.24 Å². The van der Waals surface area contributed by atoms with Gasteiger partial charge in [0.15, 0.2) is 0 Å². The normalized spacial score (nSPS) is 22.4. The predicted molar refractivity (Wildman–Crippen MR) is 304 cm³/mol. The van der Waals surface area contributed by atoms with Crippen LogP contribution in [0.4, 0.5) is 0 Å². The quantitative estimate of drug-likeness (QED) is 0.124. The molecule has 1 aliphatic heterocycles. The summed E-state index contributed by atoms with van der Waals surface area (Å²) in [5, 5.41) is 90.4. The highest BCUT2D eigenvalue weighted by molar-refractivity contribution is 6.82. The lowest BCUT2D eigenvalue weighted by Gasteiger charge is -2.49. The van der Waals surface area contributed by atoms with Crippen LogP contribution in [0.25, 0.3) is 291 Å². The van der Waals surface area contributed by atoms with Crippen molar-refractivity contribution in [1.82, 2.24) is 4.90 Å². The van der Waals surface area contributed by atoms with Gasteiger partial charge in [-0.3, -0.25) is 4.90 Å². The lowest BCUT2D eigenvalue weighted by molar-refractivity contribution is 0.313. The first kappa shape index (κ1) is 27.0. The molecule has 0 saturated carbocycles. The van der Waals surface area contributed by atoms with E-state index >= 15 is 0 Å². The minimum Gasteiger partial charge on any atom is -0.297 e. The molecule has 72 heavy (non-hydrogen) atoms. The summed E-state index contributed by atoms with van der Waals surface area (Å²) in [6.07, 6.45) is 6.00. The molecule has 0 bridgehead atoms. The van der Waals surface area contributed by atoms with Crippen molar-refractivity contribution in [2.24, 2.45) is 0 Å². The summed E-state index contributed by atoms with van der Waals surface area (Å²) in [7, 11) is 0. The van der Waals surface area contributed by atoms with E-state index in [-0.39, 0.29) is 10.8 Å². The van der Waals surface area contributed by atoms with Crippen molar-refractivity contribution >= 4 is 291 Å². The van der Waals surface area contributed by atoms with Crippen molar-refractivity contribution in [1.29, 1.82) is 0 Å².